The van der Waals surface area contributed by atoms with E-state index in [9.17, 15) is 19.7 Å². The lowest BCUT2D eigenvalue weighted by Gasteiger charge is -2.16. The number of nitro benzene ring substituents is 1. The second-order valence-corrected chi connectivity index (χ2v) is 8.39. The maximum atomic E-state index is 13.0. The topological polar surface area (TPSA) is 77.3 Å². The molecular formula is C21H17NO4S2. The molecule has 2 aromatic carbocycles. The van der Waals surface area contributed by atoms with E-state index in [0.717, 1.165) is 22.2 Å². The molecule has 0 atom stereocenters. The fourth-order valence-electron chi connectivity index (χ4n) is 2.66. The number of Topliss-reactive ketones (excluding diaryl/α,β-unsaturated/α-hetero) is 1. The molecule has 0 radical (unpaired) electrons. The average Bonchev–Trinajstić information content (AvgIpc) is 2.74. The smallest absolute Gasteiger partial charge is 0.276 e. The van der Waals surface area contributed by atoms with Crippen molar-refractivity contribution in [3.8, 4) is 0 Å². The maximum absolute atomic E-state index is 13.0. The monoisotopic (exact) mass is 411 g/mol. The van der Waals surface area contributed by atoms with Crippen LogP contribution >= 0.6 is 23.5 Å². The van der Waals surface area contributed by atoms with E-state index in [4.69, 9.17) is 0 Å². The summed E-state index contributed by atoms with van der Waals surface area (Å²) in [5.41, 5.74) is 0.817. The first-order valence-electron chi connectivity index (χ1n) is 8.63. The third-order valence-corrected chi connectivity index (χ3v) is 6.64. The molecule has 0 N–H and O–H groups in total. The van der Waals surface area contributed by atoms with Crippen LogP contribution in [0.2, 0.25) is 0 Å². The third kappa shape index (κ3) is 4.79. The summed E-state index contributed by atoms with van der Waals surface area (Å²) in [6.07, 6.45) is 3.67. The van der Waals surface area contributed by atoms with Gasteiger partial charge in [0.2, 0.25) is 0 Å². The minimum absolute atomic E-state index is 0.0865. The van der Waals surface area contributed by atoms with Crippen molar-refractivity contribution in [1.82, 2.24) is 0 Å². The Morgan fingerprint density at radius 2 is 1.61 bits per heavy atom. The highest BCUT2D eigenvalue weighted by molar-refractivity contribution is 8.22. The number of nitro groups is 1. The van der Waals surface area contributed by atoms with E-state index in [-0.39, 0.29) is 17.0 Å². The molecule has 1 fully saturated rings. The first-order valence-corrected chi connectivity index (χ1v) is 10.6. The first-order chi connectivity index (χ1) is 13.6. The molecule has 0 aromatic heterocycles. The number of carbonyl (C=O) groups excluding carboxylic acids is 2. The van der Waals surface area contributed by atoms with Crippen molar-refractivity contribution in [2.24, 2.45) is 0 Å². The van der Waals surface area contributed by atoms with Gasteiger partial charge in [-0.3, -0.25) is 19.7 Å². The lowest BCUT2D eigenvalue weighted by molar-refractivity contribution is -0.385. The number of para-hydroxylation sites is 1. The molecule has 0 amide bonds. The molecule has 1 aliphatic heterocycles. The fraction of sp³-hybridized carbons (Fsp3) is 0.143. The van der Waals surface area contributed by atoms with Gasteiger partial charge in [0.1, 0.15) is 0 Å². The molecule has 0 saturated carbocycles. The van der Waals surface area contributed by atoms with E-state index < -0.39 is 10.7 Å². The predicted octanol–water partition coefficient (Wildman–Crippen LogP) is 5.14. The second-order valence-electron chi connectivity index (χ2n) is 5.92. The van der Waals surface area contributed by atoms with Crippen molar-refractivity contribution in [3.05, 3.63) is 91.7 Å². The minimum Gasteiger partial charge on any atom is -0.289 e. The van der Waals surface area contributed by atoms with Gasteiger partial charge >= 0.3 is 0 Å². The van der Waals surface area contributed by atoms with Crippen LogP contribution in [-0.2, 0) is 4.79 Å². The zero-order valence-corrected chi connectivity index (χ0v) is 16.5. The molecule has 0 bridgehead atoms. The standard InChI is InChI=1S/C21H17NO4S2/c23-18(12-11-15-7-4-5-10-17(15)22(25)26)19(21-27-13-6-14-28-21)20(24)16-8-2-1-3-9-16/h1-5,7-12H,6,13-14H2/b12-11+. The predicted molar refractivity (Wildman–Crippen MR) is 114 cm³/mol. The van der Waals surface area contributed by atoms with E-state index in [2.05, 4.69) is 0 Å². The number of nitrogens with zero attached hydrogens (tertiary/aromatic N) is 1. The summed E-state index contributed by atoms with van der Waals surface area (Å²) < 4.78 is 0.720. The van der Waals surface area contributed by atoms with Crippen LogP contribution in [0.15, 0.2) is 70.5 Å². The largest absolute Gasteiger partial charge is 0.289 e. The average molecular weight is 412 g/mol. The van der Waals surface area contributed by atoms with Crippen molar-refractivity contribution in [1.29, 1.82) is 0 Å². The Hall–Kier alpha value is -2.64. The van der Waals surface area contributed by atoms with Crippen LogP contribution in [0.4, 0.5) is 5.69 Å². The minimum atomic E-state index is -0.495. The van der Waals surface area contributed by atoms with Crippen molar-refractivity contribution < 1.29 is 14.5 Å². The van der Waals surface area contributed by atoms with Crippen LogP contribution in [0, 0.1) is 10.1 Å². The molecule has 28 heavy (non-hydrogen) atoms. The molecule has 1 aliphatic rings. The summed E-state index contributed by atoms with van der Waals surface area (Å²) >= 11 is 3.02. The van der Waals surface area contributed by atoms with Gasteiger partial charge in [0.25, 0.3) is 5.69 Å². The third-order valence-electron chi connectivity index (χ3n) is 4.02. The van der Waals surface area contributed by atoms with Crippen LogP contribution in [0.5, 0.6) is 0 Å². The summed E-state index contributed by atoms with van der Waals surface area (Å²) in [7, 11) is 0. The van der Waals surface area contributed by atoms with Gasteiger partial charge in [-0.25, -0.2) is 0 Å². The Bertz CT molecular complexity index is 959. The fourth-order valence-corrected chi connectivity index (χ4v) is 5.30. The van der Waals surface area contributed by atoms with Crippen molar-refractivity contribution >= 4 is 46.9 Å². The van der Waals surface area contributed by atoms with Crippen LogP contribution < -0.4 is 0 Å². The molecule has 7 heteroatoms. The molecule has 1 saturated heterocycles. The number of ketones is 2. The van der Waals surface area contributed by atoms with Gasteiger partial charge in [0.15, 0.2) is 11.6 Å². The lowest BCUT2D eigenvalue weighted by Crippen LogP contribution is -2.14. The van der Waals surface area contributed by atoms with Crippen molar-refractivity contribution in [2.45, 2.75) is 6.42 Å². The number of rotatable bonds is 6. The van der Waals surface area contributed by atoms with Crippen LogP contribution in [0.1, 0.15) is 22.3 Å². The van der Waals surface area contributed by atoms with Crippen LogP contribution in [-0.4, -0.2) is 28.0 Å². The Kier molecular flexibility index (Phi) is 6.84. The highest BCUT2D eigenvalue weighted by Crippen LogP contribution is 2.38. The number of hydrogen-bond donors (Lipinski definition) is 0. The number of hydrogen-bond acceptors (Lipinski definition) is 6. The number of carbonyl (C=O) groups is 2. The summed E-state index contributed by atoms with van der Waals surface area (Å²) in [5.74, 6) is 0.947. The summed E-state index contributed by atoms with van der Waals surface area (Å²) in [4.78, 5) is 36.6. The van der Waals surface area contributed by atoms with E-state index in [1.807, 2.05) is 6.07 Å². The van der Waals surface area contributed by atoms with Crippen molar-refractivity contribution in [2.75, 3.05) is 11.5 Å². The van der Waals surface area contributed by atoms with Gasteiger partial charge in [-0.1, -0.05) is 42.5 Å². The Labute approximate surface area is 171 Å². The first kappa shape index (κ1) is 20.1. The number of benzene rings is 2. The van der Waals surface area contributed by atoms with Crippen LogP contribution in [0.25, 0.3) is 6.08 Å². The zero-order chi connectivity index (χ0) is 19.9. The molecule has 0 spiro atoms. The van der Waals surface area contributed by atoms with Gasteiger partial charge in [0, 0.05) is 11.6 Å². The van der Waals surface area contributed by atoms with Crippen molar-refractivity contribution in [3.63, 3.8) is 0 Å². The second kappa shape index (κ2) is 9.52. The number of allylic oxidation sites excluding steroid dienone is 2. The molecule has 0 unspecified atom stereocenters. The van der Waals surface area contributed by atoms with Gasteiger partial charge in [-0.05, 0) is 36.1 Å². The van der Waals surface area contributed by atoms with E-state index in [1.165, 1.54) is 41.7 Å². The zero-order valence-electron chi connectivity index (χ0n) is 14.9. The molecule has 3 rings (SSSR count). The SMILES string of the molecule is O=C(/C=C/c1ccccc1[N+](=O)[O-])C(C(=O)c1ccccc1)=C1SCCCS1. The summed E-state index contributed by atoms with van der Waals surface area (Å²) in [6, 6.07) is 14.9. The molecule has 5 nitrogen and oxygen atoms in total. The highest BCUT2D eigenvalue weighted by Gasteiger charge is 2.25. The van der Waals surface area contributed by atoms with Gasteiger partial charge in [0.05, 0.1) is 20.3 Å². The number of thioether (sulfide) groups is 2. The Morgan fingerprint density at radius 3 is 2.29 bits per heavy atom. The Balaban J connectivity index is 1.96. The van der Waals surface area contributed by atoms with E-state index in [1.54, 1.807) is 42.5 Å². The van der Waals surface area contributed by atoms with E-state index in [0.29, 0.717) is 11.1 Å². The van der Waals surface area contributed by atoms with E-state index >= 15 is 0 Å². The quantitative estimate of drug-likeness (QED) is 0.164. The molecule has 2 aromatic rings. The normalized spacial score (nSPS) is 14.1. The molecular weight excluding hydrogens is 394 g/mol. The maximum Gasteiger partial charge on any atom is 0.276 e. The van der Waals surface area contributed by atoms with Gasteiger partial charge < -0.3 is 0 Å². The molecule has 0 aliphatic carbocycles. The highest BCUT2D eigenvalue weighted by atomic mass is 32.2. The summed E-state index contributed by atoms with van der Waals surface area (Å²) in [5, 5.41) is 11.2. The summed E-state index contributed by atoms with van der Waals surface area (Å²) in [6.45, 7) is 0. The molecule has 1 heterocycles. The van der Waals surface area contributed by atoms with Gasteiger partial charge in [-0.2, -0.15) is 0 Å². The van der Waals surface area contributed by atoms with Crippen LogP contribution in [0.3, 0.4) is 0 Å². The Morgan fingerprint density at radius 1 is 0.964 bits per heavy atom. The lowest BCUT2D eigenvalue weighted by atomic mass is 10.0. The van der Waals surface area contributed by atoms with Gasteiger partial charge in [-0.15, -0.1) is 23.5 Å². The molecule has 142 valence electrons.